The van der Waals surface area contributed by atoms with Gasteiger partial charge in [-0.15, -0.1) is 0 Å². The summed E-state index contributed by atoms with van der Waals surface area (Å²) in [4.78, 5) is 8.67. The molecule has 0 bridgehead atoms. The van der Waals surface area contributed by atoms with Gasteiger partial charge in [0.1, 0.15) is 5.69 Å². The topological polar surface area (TPSA) is 87.1 Å². The Morgan fingerprint density at radius 3 is 2.84 bits per heavy atom. The van der Waals surface area contributed by atoms with E-state index in [-0.39, 0.29) is 6.10 Å². The average molecular weight is 262 g/mol. The van der Waals surface area contributed by atoms with E-state index >= 15 is 0 Å². The molecule has 2 rings (SSSR count). The zero-order chi connectivity index (χ0) is 13.8. The maximum Gasteiger partial charge on any atom is 0.229 e. The number of pyridine rings is 1. The summed E-state index contributed by atoms with van der Waals surface area (Å²) in [5, 5.41) is 3.95. The van der Waals surface area contributed by atoms with E-state index in [2.05, 4.69) is 15.1 Å². The number of hydrogen-bond acceptors (Lipinski definition) is 6. The molecule has 0 aliphatic rings. The maximum absolute atomic E-state index is 5.56. The van der Waals surface area contributed by atoms with Crippen LogP contribution in [0, 0.1) is 13.8 Å². The lowest BCUT2D eigenvalue weighted by atomic mass is 10.1. The Balaban J connectivity index is 2.20. The summed E-state index contributed by atoms with van der Waals surface area (Å²) in [6.07, 6.45) is 2.18. The van der Waals surface area contributed by atoms with Crippen molar-refractivity contribution in [2.24, 2.45) is 5.73 Å². The third-order valence-corrected chi connectivity index (χ3v) is 2.89. The van der Waals surface area contributed by atoms with Crippen molar-refractivity contribution in [1.82, 2.24) is 15.1 Å². The lowest BCUT2D eigenvalue weighted by molar-refractivity contribution is 0.102. The lowest BCUT2D eigenvalue weighted by Gasteiger charge is -2.08. The van der Waals surface area contributed by atoms with Gasteiger partial charge in [-0.05, 0) is 25.0 Å². The van der Waals surface area contributed by atoms with Crippen molar-refractivity contribution >= 4 is 0 Å². The van der Waals surface area contributed by atoms with Gasteiger partial charge in [0.25, 0.3) is 0 Å². The molecule has 1 atom stereocenters. The minimum Gasteiger partial charge on any atom is -0.380 e. The molecule has 0 fully saturated rings. The molecule has 6 heteroatoms. The first-order chi connectivity index (χ1) is 9.13. The van der Waals surface area contributed by atoms with Gasteiger partial charge < -0.3 is 15.0 Å². The summed E-state index contributed by atoms with van der Waals surface area (Å²) >= 11 is 0. The zero-order valence-corrected chi connectivity index (χ0v) is 11.4. The first-order valence-corrected chi connectivity index (χ1v) is 6.13. The summed E-state index contributed by atoms with van der Waals surface area (Å²) in [7, 11) is 1.61. The third kappa shape index (κ3) is 3.15. The predicted molar refractivity (Wildman–Crippen MR) is 70.6 cm³/mol. The molecule has 6 nitrogen and oxygen atoms in total. The molecule has 2 heterocycles. The molecule has 0 aromatic carbocycles. The maximum atomic E-state index is 5.56. The number of hydrogen-bond donors (Lipinski definition) is 1. The molecule has 0 amide bonds. The van der Waals surface area contributed by atoms with Crippen LogP contribution in [0.3, 0.4) is 0 Å². The van der Waals surface area contributed by atoms with Crippen molar-refractivity contribution in [2.45, 2.75) is 26.4 Å². The highest BCUT2D eigenvalue weighted by molar-refractivity contribution is 5.53. The average Bonchev–Trinajstić information content (AvgIpc) is 2.84. The minimum absolute atomic E-state index is 0.111. The summed E-state index contributed by atoms with van der Waals surface area (Å²) in [6, 6.07) is 2.04. The lowest BCUT2D eigenvalue weighted by Crippen LogP contribution is -2.24. The number of aryl methyl sites for hydroxylation is 2. The van der Waals surface area contributed by atoms with Gasteiger partial charge in [-0.1, -0.05) is 11.2 Å². The van der Waals surface area contributed by atoms with Gasteiger partial charge in [0, 0.05) is 19.9 Å². The van der Waals surface area contributed by atoms with Gasteiger partial charge >= 0.3 is 0 Å². The van der Waals surface area contributed by atoms with Crippen molar-refractivity contribution in [3.05, 3.63) is 29.3 Å². The van der Waals surface area contributed by atoms with Gasteiger partial charge in [-0.2, -0.15) is 4.98 Å². The Morgan fingerprint density at radius 2 is 2.21 bits per heavy atom. The third-order valence-electron chi connectivity index (χ3n) is 2.89. The molecule has 0 saturated carbocycles. The molecule has 0 aliphatic carbocycles. The van der Waals surface area contributed by atoms with E-state index in [1.165, 1.54) is 0 Å². The fraction of sp³-hybridized carbons (Fsp3) is 0.462. The molecule has 0 saturated heterocycles. The number of ether oxygens (including phenoxy) is 1. The van der Waals surface area contributed by atoms with Crippen molar-refractivity contribution in [3.8, 4) is 11.5 Å². The van der Waals surface area contributed by atoms with E-state index in [0.717, 1.165) is 16.8 Å². The normalized spacial score (nSPS) is 12.6. The Bertz CT molecular complexity index is 549. The minimum atomic E-state index is -0.111. The number of methoxy groups -OCH3 is 1. The van der Waals surface area contributed by atoms with Crippen LogP contribution in [0.15, 0.2) is 16.8 Å². The van der Waals surface area contributed by atoms with E-state index in [9.17, 15) is 0 Å². The fourth-order valence-corrected chi connectivity index (χ4v) is 1.84. The molecular weight excluding hydrogens is 244 g/mol. The molecule has 0 spiro atoms. The van der Waals surface area contributed by atoms with Crippen molar-refractivity contribution in [1.29, 1.82) is 0 Å². The highest BCUT2D eigenvalue weighted by Crippen LogP contribution is 2.18. The SMILES string of the molecule is COC(CN)Cc1nc(-c2ncc(C)cc2C)no1. The quantitative estimate of drug-likeness (QED) is 0.873. The first-order valence-electron chi connectivity index (χ1n) is 6.13. The summed E-state index contributed by atoms with van der Waals surface area (Å²) < 4.78 is 10.4. The summed E-state index contributed by atoms with van der Waals surface area (Å²) in [5.41, 5.74) is 8.43. The smallest absolute Gasteiger partial charge is 0.229 e. The molecule has 0 radical (unpaired) electrons. The second-order valence-corrected chi connectivity index (χ2v) is 4.49. The highest BCUT2D eigenvalue weighted by atomic mass is 16.5. The largest absolute Gasteiger partial charge is 0.380 e. The fourth-order valence-electron chi connectivity index (χ4n) is 1.84. The van der Waals surface area contributed by atoms with Crippen LogP contribution in [0.1, 0.15) is 17.0 Å². The standard InChI is InChI=1S/C13H18N4O2/c1-8-4-9(2)12(15-7-8)13-16-11(19-17-13)5-10(6-14)18-3/h4,7,10H,5-6,14H2,1-3H3. The first kappa shape index (κ1) is 13.6. The molecule has 2 aromatic rings. The van der Waals surface area contributed by atoms with Crippen LogP contribution < -0.4 is 5.73 Å². The Kier molecular flexibility index (Phi) is 4.24. The molecule has 1 unspecified atom stereocenters. The monoisotopic (exact) mass is 262 g/mol. The number of rotatable bonds is 5. The van der Waals surface area contributed by atoms with E-state index < -0.39 is 0 Å². The van der Waals surface area contributed by atoms with Crippen LogP contribution >= 0.6 is 0 Å². The van der Waals surface area contributed by atoms with Crippen LogP contribution in [0.25, 0.3) is 11.5 Å². The van der Waals surface area contributed by atoms with Gasteiger partial charge in [-0.25, -0.2) is 0 Å². The summed E-state index contributed by atoms with van der Waals surface area (Å²) in [5.74, 6) is 1.01. The Hall–Kier alpha value is -1.79. The predicted octanol–water partition coefficient (Wildman–Crippen LogP) is 1.26. The number of aromatic nitrogens is 3. The molecule has 0 aliphatic heterocycles. The van der Waals surface area contributed by atoms with Crippen molar-refractivity contribution in [2.75, 3.05) is 13.7 Å². The van der Waals surface area contributed by atoms with Gasteiger partial charge in [0.15, 0.2) is 0 Å². The van der Waals surface area contributed by atoms with Gasteiger partial charge in [-0.3, -0.25) is 4.98 Å². The van der Waals surface area contributed by atoms with Crippen LogP contribution in [-0.4, -0.2) is 34.9 Å². The van der Waals surface area contributed by atoms with Gasteiger partial charge in [0.2, 0.25) is 11.7 Å². The second kappa shape index (κ2) is 5.90. The van der Waals surface area contributed by atoms with Crippen LogP contribution in [0.2, 0.25) is 0 Å². The van der Waals surface area contributed by atoms with E-state index in [1.54, 1.807) is 13.3 Å². The van der Waals surface area contributed by atoms with Crippen LogP contribution in [0.4, 0.5) is 0 Å². The number of nitrogens with two attached hydrogens (primary N) is 1. The molecule has 19 heavy (non-hydrogen) atoms. The van der Waals surface area contributed by atoms with Crippen molar-refractivity contribution in [3.63, 3.8) is 0 Å². The number of nitrogens with zero attached hydrogens (tertiary/aromatic N) is 3. The van der Waals surface area contributed by atoms with E-state index in [0.29, 0.717) is 24.7 Å². The summed E-state index contributed by atoms with van der Waals surface area (Å²) in [6.45, 7) is 4.38. The molecule has 2 aromatic heterocycles. The highest BCUT2D eigenvalue weighted by Gasteiger charge is 2.15. The Morgan fingerprint density at radius 1 is 1.42 bits per heavy atom. The van der Waals surface area contributed by atoms with Crippen LogP contribution in [0.5, 0.6) is 0 Å². The van der Waals surface area contributed by atoms with Gasteiger partial charge in [0.05, 0.1) is 12.5 Å². The van der Waals surface area contributed by atoms with Crippen LogP contribution in [-0.2, 0) is 11.2 Å². The van der Waals surface area contributed by atoms with E-state index in [4.69, 9.17) is 15.0 Å². The Labute approximate surface area is 112 Å². The molecule has 2 N–H and O–H groups in total. The zero-order valence-electron chi connectivity index (χ0n) is 11.4. The molecule has 102 valence electrons. The second-order valence-electron chi connectivity index (χ2n) is 4.49. The molecular formula is C13H18N4O2. The van der Waals surface area contributed by atoms with Crippen molar-refractivity contribution < 1.29 is 9.26 Å². The van der Waals surface area contributed by atoms with E-state index in [1.807, 2.05) is 19.9 Å².